The Kier molecular flexibility index (Phi) is 7.26. The van der Waals surface area contributed by atoms with Crippen LogP contribution >= 0.6 is 11.8 Å². The molecule has 0 saturated carbocycles. The maximum Gasteiger partial charge on any atom is 0.333 e. The van der Waals surface area contributed by atoms with Crippen molar-refractivity contribution in [3.63, 3.8) is 0 Å². The van der Waals surface area contributed by atoms with Crippen LogP contribution in [-0.4, -0.2) is 34.3 Å². The van der Waals surface area contributed by atoms with Crippen molar-refractivity contribution in [2.24, 2.45) is 0 Å². The first kappa shape index (κ1) is 24.2. The average molecular weight is 494 g/mol. The van der Waals surface area contributed by atoms with Gasteiger partial charge in [-0.2, -0.15) is 0 Å². The van der Waals surface area contributed by atoms with Crippen molar-refractivity contribution >= 4 is 34.7 Å². The third kappa shape index (κ3) is 5.58. The molecule has 178 valence electrons. The van der Waals surface area contributed by atoms with E-state index in [0.29, 0.717) is 23.1 Å². The van der Waals surface area contributed by atoms with Gasteiger partial charge in [-0.25, -0.2) is 9.18 Å². The number of Topliss-reactive ketones (excluding diaryl/α,β-unsaturated/α-hetero) is 1. The van der Waals surface area contributed by atoms with Crippen molar-refractivity contribution in [3.8, 4) is 5.75 Å². The number of benzene rings is 3. The number of hydrogen-bond donors (Lipinski definition) is 1. The van der Waals surface area contributed by atoms with Gasteiger partial charge in [-0.15, -0.1) is 0 Å². The predicted molar refractivity (Wildman–Crippen MR) is 126 cm³/mol. The smallest absolute Gasteiger partial charge is 0.333 e. The Morgan fingerprint density at radius 3 is 2.23 bits per heavy atom. The number of nitrogens with one attached hydrogen (secondary N) is 1. The van der Waals surface area contributed by atoms with Crippen LogP contribution < -0.4 is 10.1 Å². The van der Waals surface area contributed by atoms with Crippen LogP contribution in [0.4, 0.5) is 9.18 Å². The Labute approximate surface area is 204 Å². The highest BCUT2D eigenvalue weighted by atomic mass is 32.2. The van der Waals surface area contributed by atoms with Gasteiger partial charge in [-0.3, -0.25) is 19.7 Å². The van der Waals surface area contributed by atoms with Crippen molar-refractivity contribution in [1.82, 2.24) is 5.32 Å². The van der Waals surface area contributed by atoms with E-state index < -0.39 is 33.5 Å². The molecule has 0 bridgehead atoms. The molecular formula is C26H20FNO6S. The monoisotopic (exact) mass is 493 g/mol. The summed E-state index contributed by atoms with van der Waals surface area (Å²) in [5, 5.41) is 1.54. The average Bonchev–Trinajstić information content (AvgIpc) is 3.16. The summed E-state index contributed by atoms with van der Waals surface area (Å²) >= 11 is 0.591. The second-order valence-electron chi connectivity index (χ2n) is 7.74. The molecule has 0 aromatic heterocycles. The van der Waals surface area contributed by atoms with Crippen LogP contribution in [-0.2, 0) is 27.4 Å². The number of esters is 1. The Balaban J connectivity index is 1.42. The molecule has 1 N–H and O–H groups in total. The minimum absolute atomic E-state index is 0.0354. The number of thioether (sulfide) groups is 1. The maximum atomic E-state index is 13.8. The molecule has 0 aliphatic carbocycles. The molecule has 0 unspecified atom stereocenters. The number of carbonyl (C=O) groups excluding carboxylic acids is 4. The lowest BCUT2D eigenvalue weighted by Crippen LogP contribution is -2.46. The van der Waals surface area contributed by atoms with Crippen LogP contribution in [0, 0.1) is 5.82 Å². The van der Waals surface area contributed by atoms with Crippen LogP contribution in [0.5, 0.6) is 5.75 Å². The zero-order valence-corrected chi connectivity index (χ0v) is 19.2. The van der Waals surface area contributed by atoms with Gasteiger partial charge in [-0.1, -0.05) is 54.6 Å². The summed E-state index contributed by atoms with van der Waals surface area (Å²) in [6, 6.07) is 21.0. The van der Waals surface area contributed by atoms with E-state index in [9.17, 15) is 23.6 Å². The van der Waals surface area contributed by atoms with E-state index in [1.807, 2.05) is 6.07 Å². The third-order valence-electron chi connectivity index (χ3n) is 5.31. The van der Waals surface area contributed by atoms with Crippen molar-refractivity contribution in [2.75, 3.05) is 6.61 Å². The molecule has 0 radical (unpaired) electrons. The summed E-state index contributed by atoms with van der Waals surface area (Å²) < 4.78 is 22.8. The molecule has 1 aliphatic rings. The first-order valence-electron chi connectivity index (χ1n) is 10.6. The largest absolute Gasteiger partial charge is 0.485 e. The van der Waals surface area contributed by atoms with Crippen molar-refractivity contribution < 1.29 is 33.0 Å². The Morgan fingerprint density at radius 2 is 1.57 bits per heavy atom. The van der Waals surface area contributed by atoms with Crippen LogP contribution in [0.25, 0.3) is 0 Å². The first-order chi connectivity index (χ1) is 16.9. The molecule has 1 aliphatic heterocycles. The van der Waals surface area contributed by atoms with Gasteiger partial charge in [0.15, 0.2) is 6.61 Å². The van der Waals surface area contributed by atoms with Gasteiger partial charge in [-0.05, 0) is 47.2 Å². The predicted octanol–water partition coefficient (Wildman–Crippen LogP) is 4.10. The number of halogens is 1. The quantitative estimate of drug-likeness (QED) is 0.272. The summed E-state index contributed by atoms with van der Waals surface area (Å²) in [6.07, 6.45) is -0.0860. The summed E-state index contributed by atoms with van der Waals surface area (Å²) in [6.45, 7) is -0.394. The molecule has 3 aromatic rings. The number of ether oxygens (including phenoxy) is 2. The fraction of sp³-hybridized carbons (Fsp3) is 0.154. The molecule has 4 rings (SSSR count). The lowest BCUT2D eigenvalue weighted by atomic mass is 9.97. The summed E-state index contributed by atoms with van der Waals surface area (Å²) in [5.74, 6) is -2.33. The summed E-state index contributed by atoms with van der Waals surface area (Å²) in [7, 11) is 0. The molecule has 3 aromatic carbocycles. The topological polar surface area (TPSA) is 98.8 Å². The van der Waals surface area contributed by atoms with Gasteiger partial charge in [0.1, 0.15) is 18.2 Å². The fourth-order valence-corrected chi connectivity index (χ4v) is 4.48. The SMILES string of the molecule is O=C1NC(=O)[C@](Cc2ccc(OCC(=O)c3ccccc3F)cc2)(C(=O)OCc2ccccc2)S1. The molecule has 1 fully saturated rings. The van der Waals surface area contributed by atoms with Crippen LogP contribution in [0.2, 0.25) is 0 Å². The van der Waals surface area contributed by atoms with Crippen molar-refractivity contribution in [2.45, 2.75) is 17.8 Å². The van der Waals surface area contributed by atoms with Gasteiger partial charge in [0.25, 0.3) is 11.1 Å². The molecule has 9 heteroatoms. The Bertz CT molecular complexity index is 1260. The van der Waals surface area contributed by atoms with Crippen LogP contribution in [0.3, 0.4) is 0 Å². The van der Waals surface area contributed by atoms with Gasteiger partial charge >= 0.3 is 5.97 Å². The third-order valence-corrected chi connectivity index (χ3v) is 6.44. The highest BCUT2D eigenvalue weighted by Crippen LogP contribution is 2.37. The second kappa shape index (κ2) is 10.5. The van der Waals surface area contributed by atoms with Crippen molar-refractivity contribution in [1.29, 1.82) is 0 Å². The number of ketones is 1. The van der Waals surface area contributed by atoms with E-state index in [4.69, 9.17) is 9.47 Å². The summed E-state index contributed by atoms with van der Waals surface area (Å²) in [5.41, 5.74) is 1.26. The summed E-state index contributed by atoms with van der Waals surface area (Å²) in [4.78, 5) is 49.7. The molecule has 1 atom stereocenters. The number of amides is 2. The fourth-order valence-electron chi connectivity index (χ4n) is 3.49. The zero-order chi connectivity index (χ0) is 24.8. The van der Waals surface area contributed by atoms with Gasteiger partial charge in [0.2, 0.25) is 10.5 Å². The minimum Gasteiger partial charge on any atom is -0.485 e. The number of hydrogen-bond acceptors (Lipinski definition) is 7. The number of carbonyl (C=O) groups is 4. The molecule has 1 saturated heterocycles. The van der Waals surface area contributed by atoms with Crippen molar-refractivity contribution in [3.05, 3.63) is 101 Å². The normalized spacial score (nSPS) is 17.1. The highest BCUT2D eigenvalue weighted by Gasteiger charge is 2.55. The van der Waals surface area contributed by atoms with Gasteiger partial charge < -0.3 is 9.47 Å². The standard InChI is InChI=1S/C26H20FNO6S/c27-21-9-5-4-8-20(21)22(29)16-33-19-12-10-17(11-13-19)14-26(23(30)28-25(32)35-26)24(31)34-15-18-6-2-1-3-7-18/h1-13H,14-16H2,(H,28,30,32)/t26-/m1/s1. The Hall–Kier alpha value is -3.98. The van der Waals surface area contributed by atoms with E-state index >= 15 is 0 Å². The minimum atomic E-state index is -1.75. The van der Waals surface area contributed by atoms with E-state index in [1.54, 1.807) is 54.6 Å². The van der Waals surface area contributed by atoms with Gasteiger partial charge in [0, 0.05) is 6.42 Å². The molecular weight excluding hydrogens is 473 g/mol. The molecule has 0 spiro atoms. The molecule has 35 heavy (non-hydrogen) atoms. The van der Waals surface area contributed by atoms with Gasteiger partial charge in [0.05, 0.1) is 5.56 Å². The van der Waals surface area contributed by atoms with Crippen LogP contribution in [0.15, 0.2) is 78.9 Å². The number of rotatable bonds is 9. The molecule has 2 amide bonds. The van der Waals surface area contributed by atoms with E-state index in [-0.39, 0.29) is 25.2 Å². The van der Waals surface area contributed by atoms with E-state index in [2.05, 4.69) is 5.32 Å². The lowest BCUT2D eigenvalue weighted by Gasteiger charge is -2.22. The van der Waals surface area contributed by atoms with E-state index in [1.165, 1.54) is 18.2 Å². The zero-order valence-electron chi connectivity index (χ0n) is 18.4. The number of imide groups is 1. The highest BCUT2D eigenvalue weighted by molar-refractivity contribution is 8.16. The Morgan fingerprint density at radius 1 is 0.886 bits per heavy atom. The van der Waals surface area contributed by atoms with E-state index in [0.717, 1.165) is 5.56 Å². The second-order valence-corrected chi connectivity index (χ2v) is 9.02. The maximum absolute atomic E-state index is 13.8. The lowest BCUT2D eigenvalue weighted by molar-refractivity contribution is -0.150. The van der Waals surface area contributed by atoms with Crippen LogP contribution in [0.1, 0.15) is 21.5 Å². The molecule has 1 heterocycles. The first-order valence-corrected chi connectivity index (χ1v) is 11.4. The molecule has 7 nitrogen and oxygen atoms in total.